The minimum Gasteiger partial charge on any atom is -0.352 e. The lowest BCUT2D eigenvalue weighted by Crippen LogP contribution is -2.44. The fraction of sp³-hybridized carbons (Fsp3) is 0.692. The molecule has 1 saturated heterocycles. The van der Waals surface area contributed by atoms with E-state index in [1.54, 1.807) is 4.68 Å². The van der Waals surface area contributed by atoms with Crippen LogP contribution in [0.25, 0.3) is 0 Å². The van der Waals surface area contributed by atoms with E-state index in [-0.39, 0.29) is 5.91 Å². The molecular weight excluding hydrogens is 308 g/mol. The summed E-state index contributed by atoms with van der Waals surface area (Å²) in [6.45, 7) is 6.30. The van der Waals surface area contributed by atoms with Gasteiger partial charge in [-0.15, -0.1) is 0 Å². The Hall–Kier alpha value is -0.880. The van der Waals surface area contributed by atoms with Crippen LogP contribution in [0, 0.1) is 13.8 Å². The molecule has 0 saturated carbocycles. The van der Waals surface area contributed by atoms with Crippen LogP contribution < -0.4 is 5.32 Å². The fourth-order valence-electron chi connectivity index (χ4n) is 2.39. The van der Waals surface area contributed by atoms with Crippen molar-refractivity contribution in [2.75, 3.05) is 20.1 Å². The number of hydrogen-bond acceptors (Lipinski definition) is 3. The zero-order valence-electron chi connectivity index (χ0n) is 11.7. The normalized spacial score (nSPS) is 17.7. The van der Waals surface area contributed by atoms with E-state index in [4.69, 9.17) is 0 Å². The monoisotopic (exact) mass is 328 g/mol. The Morgan fingerprint density at radius 1 is 1.42 bits per heavy atom. The van der Waals surface area contributed by atoms with Crippen LogP contribution in [-0.4, -0.2) is 46.8 Å². The number of carbonyl (C=O) groups excluding carboxylic acids is 1. The second-order valence-corrected chi connectivity index (χ2v) is 6.08. The number of hydrogen-bond donors (Lipinski definition) is 1. The molecule has 19 heavy (non-hydrogen) atoms. The van der Waals surface area contributed by atoms with Gasteiger partial charge in [0.2, 0.25) is 5.91 Å². The Morgan fingerprint density at radius 3 is 2.58 bits per heavy atom. The van der Waals surface area contributed by atoms with Crippen molar-refractivity contribution in [2.24, 2.45) is 0 Å². The molecule has 1 N–H and O–H groups in total. The summed E-state index contributed by atoms with van der Waals surface area (Å²) >= 11 is 3.47. The van der Waals surface area contributed by atoms with Crippen LogP contribution in [0.1, 0.15) is 24.2 Å². The lowest BCUT2D eigenvalue weighted by Gasteiger charge is -2.29. The topological polar surface area (TPSA) is 50.2 Å². The molecule has 1 aliphatic rings. The average molecular weight is 329 g/mol. The van der Waals surface area contributed by atoms with Crippen LogP contribution in [0.5, 0.6) is 0 Å². The molecule has 0 radical (unpaired) electrons. The van der Waals surface area contributed by atoms with Crippen LogP contribution in [0.15, 0.2) is 4.47 Å². The summed E-state index contributed by atoms with van der Waals surface area (Å²) in [5.74, 6) is 0.0488. The Kier molecular flexibility index (Phi) is 4.62. The Balaban J connectivity index is 1.89. The lowest BCUT2D eigenvalue weighted by molar-refractivity contribution is -0.122. The van der Waals surface area contributed by atoms with E-state index in [9.17, 15) is 4.79 Å². The third-order valence-corrected chi connectivity index (χ3v) is 4.82. The van der Waals surface area contributed by atoms with Crippen LogP contribution in [-0.2, 0) is 11.3 Å². The van der Waals surface area contributed by atoms with Crippen molar-refractivity contribution in [3.05, 3.63) is 15.9 Å². The first-order chi connectivity index (χ1) is 8.97. The van der Waals surface area contributed by atoms with E-state index >= 15 is 0 Å². The minimum absolute atomic E-state index is 0.0488. The first-order valence-corrected chi connectivity index (χ1v) is 7.44. The Labute approximate surface area is 122 Å². The van der Waals surface area contributed by atoms with E-state index < -0.39 is 0 Å². The summed E-state index contributed by atoms with van der Waals surface area (Å²) in [7, 11) is 2.12. The Bertz CT molecular complexity index is 463. The molecule has 6 heteroatoms. The summed E-state index contributed by atoms with van der Waals surface area (Å²) in [5.41, 5.74) is 1.92. The third-order valence-electron chi connectivity index (χ3n) is 3.67. The van der Waals surface area contributed by atoms with Gasteiger partial charge in [0.05, 0.1) is 15.9 Å². The third kappa shape index (κ3) is 3.57. The molecule has 1 amide bonds. The van der Waals surface area contributed by atoms with Gasteiger partial charge in [-0.2, -0.15) is 5.10 Å². The molecular formula is C13H21BrN4O. The molecule has 0 atom stereocenters. The fourth-order valence-corrected chi connectivity index (χ4v) is 2.68. The van der Waals surface area contributed by atoms with Crippen LogP contribution >= 0.6 is 15.9 Å². The van der Waals surface area contributed by atoms with Crippen molar-refractivity contribution in [1.29, 1.82) is 0 Å². The van der Waals surface area contributed by atoms with E-state index in [0.717, 1.165) is 41.8 Å². The number of nitrogens with one attached hydrogen (secondary N) is 1. The predicted octanol–water partition coefficient (Wildman–Crippen LogP) is 1.47. The number of carbonyl (C=O) groups is 1. The highest BCUT2D eigenvalue weighted by molar-refractivity contribution is 9.10. The lowest BCUT2D eigenvalue weighted by atomic mass is 10.1. The largest absolute Gasteiger partial charge is 0.352 e. The van der Waals surface area contributed by atoms with Crippen molar-refractivity contribution in [1.82, 2.24) is 20.0 Å². The predicted molar refractivity (Wildman–Crippen MR) is 78.1 cm³/mol. The molecule has 0 aliphatic carbocycles. The number of nitrogens with zero attached hydrogens (tertiary/aromatic N) is 3. The maximum atomic E-state index is 12.0. The smallest absolute Gasteiger partial charge is 0.241 e. The Morgan fingerprint density at radius 2 is 2.05 bits per heavy atom. The molecule has 1 aliphatic heterocycles. The van der Waals surface area contributed by atoms with Crippen LogP contribution in [0.3, 0.4) is 0 Å². The van der Waals surface area contributed by atoms with Crippen LogP contribution in [0.4, 0.5) is 0 Å². The molecule has 5 nitrogen and oxygen atoms in total. The number of halogens is 1. The molecule has 1 fully saturated rings. The van der Waals surface area contributed by atoms with Crippen molar-refractivity contribution in [2.45, 2.75) is 39.3 Å². The summed E-state index contributed by atoms with van der Waals surface area (Å²) in [6, 6.07) is 0.309. The first-order valence-electron chi connectivity index (χ1n) is 6.64. The van der Waals surface area contributed by atoms with Gasteiger partial charge in [-0.05, 0) is 62.8 Å². The summed E-state index contributed by atoms with van der Waals surface area (Å²) in [4.78, 5) is 14.3. The summed E-state index contributed by atoms with van der Waals surface area (Å²) < 4.78 is 2.74. The first kappa shape index (κ1) is 14.5. The van der Waals surface area contributed by atoms with Gasteiger partial charge in [0.25, 0.3) is 0 Å². The number of amides is 1. The van der Waals surface area contributed by atoms with E-state index in [0.29, 0.717) is 12.6 Å². The zero-order chi connectivity index (χ0) is 14.0. The molecule has 2 rings (SSSR count). The second kappa shape index (κ2) is 6.05. The molecule has 106 valence electrons. The molecule has 1 aromatic heterocycles. The minimum atomic E-state index is 0.0488. The molecule has 0 aromatic carbocycles. The molecule has 0 spiro atoms. The summed E-state index contributed by atoms with van der Waals surface area (Å²) in [6.07, 6.45) is 2.06. The van der Waals surface area contributed by atoms with Gasteiger partial charge < -0.3 is 10.2 Å². The van der Waals surface area contributed by atoms with E-state index in [1.807, 2.05) is 13.8 Å². The SMILES string of the molecule is Cc1nn(CC(=O)NC2CCN(C)CC2)c(C)c1Br. The van der Waals surface area contributed by atoms with Gasteiger partial charge >= 0.3 is 0 Å². The van der Waals surface area contributed by atoms with Crippen molar-refractivity contribution in [3.8, 4) is 0 Å². The molecule has 0 bridgehead atoms. The highest BCUT2D eigenvalue weighted by Gasteiger charge is 2.19. The van der Waals surface area contributed by atoms with E-state index in [1.165, 1.54) is 0 Å². The highest BCUT2D eigenvalue weighted by Crippen LogP contribution is 2.19. The number of rotatable bonds is 3. The standard InChI is InChI=1S/C13H21BrN4O/c1-9-13(14)10(2)18(16-9)8-12(19)15-11-4-6-17(3)7-5-11/h11H,4-8H2,1-3H3,(H,15,19). The average Bonchev–Trinajstić information content (AvgIpc) is 2.60. The van der Waals surface area contributed by atoms with Gasteiger partial charge in [-0.1, -0.05) is 0 Å². The van der Waals surface area contributed by atoms with Gasteiger partial charge in [0.15, 0.2) is 0 Å². The summed E-state index contributed by atoms with van der Waals surface area (Å²) in [5, 5.41) is 7.46. The quantitative estimate of drug-likeness (QED) is 0.914. The number of aryl methyl sites for hydroxylation is 1. The zero-order valence-corrected chi connectivity index (χ0v) is 13.3. The van der Waals surface area contributed by atoms with Crippen molar-refractivity contribution < 1.29 is 4.79 Å². The number of likely N-dealkylation sites (tertiary alicyclic amines) is 1. The van der Waals surface area contributed by atoms with E-state index in [2.05, 4.69) is 38.3 Å². The molecule has 2 heterocycles. The van der Waals surface area contributed by atoms with Gasteiger partial charge in [-0.25, -0.2) is 0 Å². The highest BCUT2D eigenvalue weighted by atomic mass is 79.9. The van der Waals surface area contributed by atoms with Crippen molar-refractivity contribution >= 4 is 21.8 Å². The van der Waals surface area contributed by atoms with Gasteiger partial charge in [-0.3, -0.25) is 9.48 Å². The molecule has 1 aromatic rings. The number of piperidine rings is 1. The number of aromatic nitrogens is 2. The maximum absolute atomic E-state index is 12.0. The van der Waals surface area contributed by atoms with Gasteiger partial charge in [0.1, 0.15) is 6.54 Å². The maximum Gasteiger partial charge on any atom is 0.241 e. The van der Waals surface area contributed by atoms with Crippen LogP contribution in [0.2, 0.25) is 0 Å². The van der Waals surface area contributed by atoms with Crippen molar-refractivity contribution in [3.63, 3.8) is 0 Å². The van der Waals surface area contributed by atoms with Gasteiger partial charge in [0, 0.05) is 6.04 Å². The molecule has 0 unspecified atom stereocenters. The second-order valence-electron chi connectivity index (χ2n) is 5.29.